The molecule has 0 aliphatic heterocycles. The minimum Gasteiger partial charge on any atom is -0.481 e. The van der Waals surface area contributed by atoms with Crippen LogP contribution >= 0.6 is 0 Å². The molecule has 0 spiro atoms. The molecule has 1 aromatic rings. The van der Waals surface area contributed by atoms with E-state index < -0.39 is 11.4 Å². The highest BCUT2D eigenvalue weighted by atomic mass is 19.1. The fraction of sp³-hybridized carbons (Fsp3) is 0.364. The number of carboxylic acid groups (broad SMARTS) is 1. The molecule has 0 fully saturated rings. The third kappa shape index (κ3) is 1.29. The quantitative estimate of drug-likeness (QED) is 0.742. The van der Waals surface area contributed by atoms with Crippen LogP contribution in [0.5, 0.6) is 0 Å². The minimum absolute atomic E-state index is 0.293. The highest BCUT2D eigenvalue weighted by molar-refractivity contribution is 5.76. The number of halogens is 1. The van der Waals surface area contributed by atoms with Gasteiger partial charge in [0, 0.05) is 0 Å². The van der Waals surface area contributed by atoms with E-state index >= 15 is 0 Å². The van der Waals surface area contributed by atoms with Crippen LogP contribution in [0.2, 0.25) is 0 Å². The molecule has 0 radical (unpaired) electrons. The van der Waals surface area contributed by atoms with Crippen molar-refractivity contribution in [2.45, 2.75) is 19.8 Å². The lowest BCUT2D eigenvalue weighted by Gasteiger charge is -2.16. The van der Waals surface area contributed by atoms with E-state index in [1.54, 1.807) is 13.0 Å². The molecule has 0 bridgehead atoms. The summed E-state index contributed by atoms with van der Waals surface area (Å²) in [5.41, 5.74) is 1.03. The van der Waals surface area contributed by atoms with Crippen molar-refractivity contribution in [1.29, 1.82) is 0 Å². The summed E-state index contributed by atoms with van der Waals surface area (Å²) >= 11 is 0. The fourth-order valence-corrected chi connectivity index (χ4v) is 1.99. The number of benzene rings is 1. The number of hydrogen-bond donors (Lipinski definition) is 1. The number of carbonyl (C=O) groups is 1. The second-order valence-corrected chi connectivity index (χ2v) is 4.13. The Morgan fingerprint density at radius 1 is 1.43 bits per heavy atom. The zero-order valence-electron chi connectivity index (χ0n) is 7.88. The van der Waals surface area contributed by atoms with Crippen molar-refractivity contribution in [3.63, 3.8) is 0 Å². The Morgan fingerprint density at radius 3 is 2.71 bits per heavy atom. The van der Waals surface area contributed by atoms with Gasteiger partial charge in [0.05, 0.1) is 5.41 Å². The molecule has 1 unspecified atom stereocenters. The van der Waals surface area contributed by atoms with E-state index in [9.17, 15) is 9.18 Å². The predicted octanol–water partition coefficient (Wildman–Crippen LogP) is 2.02. The van der Waals surface area contributed by atoms with Gasteiger partial charge in [-0.2, -0.15) is 0 Å². The van der Waals surface area contributed by atoms with Gasteiger partial charge in [0.2, 0.25) is 0 Å². The van der Waals surface area contributed by atoms with Gasteiger partial charge in [-0.15, -0.1) is 0 Å². The maximum Gasteiger partial charge on any atom is 0.310 e. The second-order valence-electron chi connectivity index (χ2n) is 4.13. The maximum atomic E-state index is 12.9. The molecule has 14 heavy (non-hydrogen) atoms. The molecule has 0 aromatic heterocycles. The van der Waals surface area contributed by atoms with Gasteiger partial charge < -0.3 is 5.11 Å². The first-order chi connectivity index (χ1) is 6.51. The highest BCUT2D eigenvalue weighted by Gasteiger charge is 2.39. The van der Waals surface area contributed by atoms with Gasteiger partial charge in [-0.3, -0.25) is 4.79 Å². The third-order valence-electron chi connectivity index (χ3n) is 2.85. The monoisotopic (exact) mass is 194 g/mol. The Balaban J connectivity index is 2.39. The van der Waals surface area contributed by atoms with E-state index in [1.807, 2.05) is 0 Å². The molecule has 1 N–H and O–H groups in total. The maximum absolute atomic E-state index is 12.9. The summed E-state index contributed by atoms with van der Waals surface area (Å²) in [6.45, 7) is 1.70. The first-order valence-electron chi connectivity index (χ1n) is 4.52. The van der Waals surface area contributed by atoms with Crippen molar-refractivity contribution < 1.29 is 14.3 Å². The first kappa shape index (κ1) is 9.19. The van der Waals surface area contributed by atoms with Crippen LogP contribution in [-0.4, -0.2) is 11.1 Å². The molecule has 3 heteroatoms. The van der Waals surface area contributed by atoms with Crippen LogP contribution in [0.3, 0.4) is 0 Å². The summed E-state index contributed by atoms with van der Waals surface area (Å²) in [6, 6.07) is 4.49. The summed E-state index contributed by atoms with van der Waals surface area (Å²) < 4.78 is 12.9. The molecule has 74 valence electrons. The van der Waals surface area contributed by atoms with Crippen molar-refractivity contribution >= 4 is 5.97 Å². The zero-order valence-corrected chi connectivity index (χ0v) is 7.88. The van der Waals surface area contributed by atoms with E-state index in [0.29, 0.717) is 12.8 Å². The lowest BCUT2D eigenvalue weighted by molar-refractivity contribution is -0.147. The average molecular weight is 194 g/mol. The van der Waals surface area contributed by atoms with E-state index in [4.69, 9.17) is 5.11 Å². The molecule has 0 heterocycles. The third-order valence-corrected chi connectivity index (χ3v) is 2.85. The molecular weight excluding hydrogens is 183 g/mol. The molecular formula is C11H11FO2. The molecule has 0 amide bonds. The Hall–Kier alpha value is -1.38. The van der Waals surface area contributed by atoms with E-state index in [-0.39, 0.29) is 5.82 Å². The standard InChI is InChI=1S/C11H11FO2/c1-11(10(13)14)5-7-2-3-9(12)4-8(7)6-11/h2-4H,5-6H2,1H3,(H,13,14). The minimum atomic E-state index is -0.811. The van der Waals surface area contributed by atoms with Crippen molar-refractivity contribution in [2.24, 2.45) is 5.41 Å². The lowest BCUT2D eigenvalue weighted by Crippen LogP contribution is -2.27. The number of rotatable bonds is 1. The van der Waals surface area contributed by atoms with Gasteiger partial charge >= 0.3 is 5.97 Å². The number of aliphatic carboxylic acids is 1. The van der Waals surface area contributed by atoms with Crippen LogP contribution in [0, 0.1) is 11.2 Å². The molecule has 0 saturated heterocycles. The topological polar surface area (TPSA) is 37.3 Å². The molecule has 1 atom stereocenters. The highest BCUT2D eigenvalue weighted by Crippen LogP contribution is 2.36. The largest absolute Gasteiger partial charge is 0.481 e. The van der Waals surface area contributed by atoms with Gasteiger partial charge in [-0.05, 0) is 43.0 Å². The van der Waals surface area contributed by atoms with Crippen LogP contribution in [0.25, 0.3) is 0 Å². The molecule has 1 aliphatic rings. The normalized spacial score (nSPS) is 24.7. The number of fused-ring (bicyclic) bond motifs is 1. The molecule has 0 saturated carbocycles. The SMILES string of the molecule is CC1(C(=O)O)Cc2ccc(F)cc2C1. The summed E-state index contributed by atoms with van der Waals surface area (Å²) in [5, 5.41) is 9.02. The van der Waals surface area contributed by atoms with E-state index in [1.165, 1.54) is 12.1 Å². The first-order valence-corrected chi connectivity index (χ1v) is 4.52. The van der Waals surface area contributed by atoms with Crippen LogP contribution in [0.4, 0.5) is 4.39 Å². The fourth-order valence-electron chi connectivity index (χ4n) is 1.99. The van der Waals surface area contributed by atoms with Crippen molar-refractivity contribution in [1.82, 2.24) is 0 Å². The molecule has 2 nitrogen and oxygen atoms in total. The van der Waals surface area contributed by atoms with Gasteiger partial charge in [0.25, 0.3) is 0 Å². The van der Waals surface area contributed by atoms with Gasteiger partial charge in [-0.1, -0.05) is 6.07 Å². The van der Waals surface area contributed by atoms with Gasteiger partial charge in [-0.25, -0.2) is 4.39 Å². The van der Waals surface area contributed by atoms with Gasteiger partial charge in [0.1, 0.15) is 5.82 Å². The van der Waals surface area contributed by atoms with Crippen molar-refractivity contribution in [3.8, 4) is 0 Å². The Labute approximate surface area is 81.4 Å². The predicted molar refractivity (Wildman–Crippen MR) is 49.6 cm³/mol. The van der Waals surface area contributed by atoms with Crippen molar-refractivity contribution in [3.05, 3.63) is 35.1 Å². The van der Waals surface area contributed by atoms with Gasteiger partial charge in [0.15, 0.2) is 0 Å². The van der Waals surface area contributed by atoms with Crippen LogP contribution in [-0.2, 0) is 17.6 Å². The summed E-state index contributed by atoms with van der Waals surface area (Å²) in [5.74, 6) is -1.10. The molecule has 1 aromatic carbocycles. The van der Waals surface area contributed by atoms with Crippen molar-refractivity contribution in [2.75, 3.05) is 0 Å². The summed E-state index contributed by atoms with van der Waals surface area (Å²) in [4.78, 5) is 11.0. The van der Waals surface area contributed by atoms with Crippen LogP contribution in [0.15, 0.2) is 18.2 Å². The summed E-state index contributed by atoms with van der Waals surface area (Å²) in [7, 11) is 0. The number of carboxylic acids is 1. The number of hydrogen-bond acceptors (Lipinski definition) is 1. The van der Waals surface area contributed by atoms with E-state index in [0.717, 1.165) is 11.1 Å². The molecule has 2 rings (SSSR count). The molecule has 1 aliphatic carbocycles. The Bertz CT molecular complexity index is 400. The second kappa shape index (κ2) is 2.80. The average Bonchev–Trinajstić information content (AvgIpc) is 2.42. The Kier molecular flexibility index (Phi) is 1.84. The smallest absolute Gasteiger partial charge is 0.310 e. The van der Waals surface area contributed by atoms with Crippen LogP contribution < -0.4 is 0 Å². The lowest BCUT2D eigenvalue weighted by atomic mass is 9.88. The summed E-state index contributed by atoms with van der Waals surface area (Å²) in [6.07, 6.45) is 0.924. The Morgan fingerprint density at radius 2 is 2.07 bits per heavy atom. The van der Waals surface area contributed by atoms with Crippen LogP contribution in [0.1, 0.15) is 18.1 Å². The zero-order chi connectivity index (χ0) is 10.3. The van der Waals surface area contributed by atoms with E-state index in [2.05, 4.69) is 0 Å².